The highest BCUT2D eigenvalue weighted by Crippen LogP contribution is 2.25. The molecule has 0 atom stereocenters. The lowest BCUT2D eigenvalue weighted by molar-refractivity contribution is -0.137. The molecule has 2 aromatic carbocycles. The summed E-state index contributed by atoms with van der Waals surface area (Å²) in [4.78, 5) is 25.6. The third-order valence-corrected chi connectivity index (χ3v) is 5.44. The van der Waals surface area contributed by atoms with Crippen molar-refractivity contribution in [1.82, 2.24) is 10.2 Å². The van der Waals surface area contributed by atoms with Gasteiger partial charge in [0.05, 0.1) is 13.2 Å². The molecule has 1 aliphatic rings. The molecule has 3 rings (SSSR count). The van der Waals surface area contributed by atoms with Crippen molar-refractivity contribution < 1.29 is 19.4 Å². The van der Waals surface area contributed by atoms with Gasteiger partial charge >= 0.3 is 5.97 Å². The van der Waals surface area contributed by atoms with Crippen LogP contribution >= 0.6 is 11.6 Å². The molecule has 0 bridgehead atoms. The zero-order valence-electron chi connectivity index (χ0n) is 17.6. The molecule has 166 valence electrons. The number of carbonyl (C=O) groups excluding carboxylic acids is 1. The number of rotatable bonds is 5. The molecule has 6 nitrogen and oxygen atoms in total. The largest absolute Gasteiger partial charge is 0.493 e. The number of aryl methyl sites for hydroxylation is 1. The molecule has 0 aliphatic carbocycles. The normalized spacial score (nSPS) is 16.1. The molecule has 2 aromatic rings. The molecule has 0 fully saturated rings. The van der Waals surface area contributed by atoms with Gasteiger partial charge in [-0.25, -0.2) is 0 Å². The van der Waals surface area contributed by atoms with Gasteiger partial charge in [-0.2, -0.15) is 0 Å². The summed E-state index contributed by atoms with van der Waals surface area (Å²) < 4.78 is 6.06. The van der Waals surface area contributed by atoms with E-state index >= 15 is 0 Å². The minimum absolute atomic E-state index is 0.00854. The van der Waals surface area contributed by atoms with Gasteiger partial charge < -0.3 is 15.2 Å². The molecular weight excluding hydrogens is 416 g/mol. The highest BCUT2D eigenvalue weighted by molar-refractivity contribution is 6.30. The van der Waals surface area contributed by atoms with Crippen LogP contribution in [0.3, 0.4) is 0 Å². The number of halogens is 1. The molecule has 0 saturated heterocycles. The summed E-state index contributed by atoms with van der Waals surface area (Å²) in [5, 5.41) is 12.7. The van der Waals surface area contributed by atoms with Crippen molar-refractivity contribution in [2.75, 3.05) is 19.7 Å². The maximum atomic E-state index is 12.5. The zero-order valence-corrected chi connectivity index (χ0v) is 18.4. The van der Waals surface area contributed by atoms with Gasteiger partial charge in [0.15, 0.2) is 0 Å². The summed E-state index contributed by atoms with van der Waals surface area (Å²) in [5.74, 6) is -0.0416. The fourth-order valence-electron chi connectivity index (χ4n) is 3.68. The quantitative estimate of drug-likeness (QED) is 0.727. The second-order valence-corrected chi connectivity index (χ2v) is 8.31. The van der Waals surface area contributed by atoms with Crippen molar-refractivity contribution in [3.63, 3.8) is 0 Å². The van der Waals surface area contributed by atoms with E-state index in [2.05, 4.69) is 10.2 Å². The Balaban J connectivity index is 1.86. The molecule has 31 heavy (non-hydrogen) atoms. The molecule has 1 amide bonds. The highest BCUT2D eigenvalue weighted by Gasteiger charge is 2.16. The number of ether oxygens (including phenoxy) is 1. The fourth-order valence-corrected chi connectivity index (χ4v) is 3.89. The summed E-state index contributed by atoms with van der Waals surface area (Å²) in [6.07, 6.45) is 3.36. The van der Waals surface area contributed by atoms with Crippen molar-refractivity contribution in [2.24, 2.45) is 0 Å². The monoisotopic (exact) mass is 444 g/mol. The van der Waals surface area contributed by atoms with Gasteiger partial charge in [0.1, 0.15) is 5.75 Å². The van der Waals surface area contributed by atoms with Crippen molar-refractivity contribution in [2.45, 2.75) is 45.2 Å². The summed E-state index contributed by atoms with van der Waals surface area (Å²) in [7, 11) is 0. The zero-order chi connectivity index (χ0) is 22.1. The molecule has 0 spiro atoms. The van der Waals surface area contributed by atoms with Gasteiger partial charge in [-0.05, 0) is 55.0 Å². The van der Waals surface area contributed by atoms with Gasteiger partial charge in [0.2, 0.25) is 5.91 Å². The Labute approximate surface area is 188 Å². The number of aliphatic carboxylic acids is 1. The van der Waals surface area contributed by atoms with Gasteiger partial charge in [0, 0.05) is 36.6 Å². The number of amides is 1. The van der Waals surface area contributed by atoms with E-state index in [4.69, 9.17) is 21.4 Å². The second-order valence-electron chi connectivity index (χ2n) is 7.87. The molecule has 1 heterocycles. The van der Waals surface area contributed by atoms with E-state index in [1.165, 1.54) is 0 Å². The number of carbonyl (C=O) groups is 2. The summed E-state index contributed by atoms with van der Waals surface area (Å²) >= 11 is 6.15. The number of nitrogens with zero attached hydrogens (tertiary/aromatic N) is 1. The molecule has 0 unspecified atom stereocenters. The Morgan fingerprint density at radius 3 is 2.77 bits per heavy atom. The first kappa shape index (κ1) is 23.1. The van der Waals surface area contributed by atoms with Crippen LogP contribution in [0.5, 0.6) is 5.75 Å². The van der Waals surface area contributed by atoms with Crippen LogP contribution in [-0.4, -0.2) is 41.6 Å². The van der Waals surface area contributed by atoms with Crippen LogP contribution in [0.15, 0.2) is 42.5 Å². The summed E-state index contributed by atoms with van der Waals surface area (Å²) in [6.45, 7) is 2.61. The predicted octanol–water partition coefficient (Wildman–Crippen LogP) is 4.04. The van der Waals surface area contributed by atoms with Gasteiger partial charge in [-0.3, -0.25) is 14.5 Å². The van der Waals surface area contributed by atoms with E-state index in [0.717, 1.165) is 41.7 Å². The molecule has 0 aromatic heterocycles. The first-order valence-electron chi connectivity index (χ1n) is 10.7. The first-order valence-corrected chi connectivity index (χ1v) is 11.1. The topological polar surface area (TPSA) is 78.9 Å². The van der Waals surface area contributed by atoms with Crippen molar-refractivity contribution in [1.29, 1.82) is 0 Å². The third-order valence-electron chi connectivity index (χ3n) is 5.21. The number of nitrogens with one attached hydrogen (secondary N) is 1. The Kier molecular flexibility index (Phi) is 8.74. The average molecular weight is 445 g/mol. The van der Waals surface area contributed by atoms with Gasteiger partial charge in [-0.1, -0.05) is 35.9 Å². The predicted molar refractivity (Wildman–Crippen MR) is 120 cm³/mol. The van der Waals surface area contributed by atoms with Crippen LogP contribution in [0.2, 0.25) is 5.02 Å². The number of fused-ring (bicyclic) bond motifs is 1. The van der Waals surface area contributed by atoms with Crippen molar-refractivity contribution in [3.8, 4) is 5.75 Å². The minimum atomic E-state index is -0.820. The number of carboxylic acids is 1. The molecule has 0 radical (unpaired) electrons. The van der Waals surface area contributed by atoms with Crippen LogP contribution in [0.1, 0.15) is 42.4 Å². The highest BCUT2D eigenvalue weighted by atomic mass is 35.5. The van der Waals surface area contributed by atoms with Crippen LogP contribution in [0, 0.1) is 0 Å². The standard InChI is InChI=1S/C24H29ClN2O4/c25-21-6-4-5-19(14-21)15-27-16-20-13-18(8-10-24(29)30)7-9-22(20)31-12-3-1-2-11-26-23(28)17-27/h4-7,9,13-14H,1-3,8,10-12,15-17H2,(H,26,28)(H,29,30). The summed E-state index contributed by atoms with van der Waals surface area (Å²) in [6, 6.07) is 13.5. The van der Waals surface area contributed by atoms with E-state index in [1.54, 1.807) is 0 Å². The summed E-state index contributed by atoms with van der Waals surface area (Å²) in [5.41, 5.74) is 2.92. The SMILES string of the molecule is O=C(O)CCc1ccc2c(c1)CN(Cc1cccc(Cl)c1)CC(=O)NCCCCCO2. The molecule has 0 saturated carbocycles. The smallest absolute Gasteiger partial charge is 0.303 e. The van der Waals surface area contributed by atoms with Crippen LogP contribution < -0.4 is 10.1 Å². The maximum Gasteiger partial charge on any atom is 0.303 e. The Bertz CT molecular complexity index is 903. The first-order chi connectivity index (χ1) is 15.0. The van der Waals surface area contributed by atoms with E-state index in [0.29, 0.717) is 37.7 Å². The van der Waals surface area contributed by atoms with Crippen LogP contribution in [-0.2, 0) is 29.1 Å². The number of hydrogen-bond donors (Lipinski definition) is 2. The van der Waals surface area contributed by atoms with Crippen molar-refractivity contribution in [3.05, 3.63) is 64.2 Å². The maximum absolute atomic E-state index is 12.5. The molecule has 7 heteroatoms. The van der Waals surface area contributed by atoms with Gasteiger partial charge in [0.25, 0.3) is 0 Å². The second kappa shape index (κ2) is 11.7. The Morgan fingerprint density at radius 2 is 1.97 bits per heavy atom. The number of benzene rings is 2. The molecule has 1 aliphatic heterocycles. The van der Waals surface area contributed by atoms with E-state index in [1.807, 2.05) is 42.5 Å². The van der Waals surface area contributed by atoms with E-state index in [-0.39, 0.29) is 18.9 Å². The van der Waals surface area contributed by atoms with E-state index < -0.39 is 5.97 Å². The number of hydrogen-bond acceptors (Lipinski definition) is 4. The number of carboxylic acid groups (broad SMARTS) is 1. The Morgan fingerprint density at radius 1 is 1.10 bits per heavy atom. The molecule has 2 N–H and O–H groups in total. The van der Waals surface area contributed by atoms with Crippen molar-refractivity contribution >= 4 is 23.5 Å². The van der Waals surface area contributed by atoms with Gasteiger partial charge in [-0.15, -0.1) is 0 Å². The lowest BCUT2D eigenvalue weighted by Crippen LogP contribution is -2.37. The average Bonchev–Trinajstić information content (AvgIpc) is 2.73. The minimum Gasteiger partial charge on any atom is -0.493 e. The third kappa shape index (κ3) is 7.89. The molecular formula is C24H29ClN2O4. The van der Waals surface area contributed by atoms with E-state index in [9.17, 15) is 9.59 Å². The lowest BCUT2D eigenvalue weighted by Gasteiger charge is -2.24. The lowest BCUT2D eigenvalue weighted by atomic mass is 10.0. The fraction of sp³-hybridized carbons (Fsp3) is 0.417. The Hall–Kier alpha value is -2.57. The van der Waals surface area contributed by atoms with Crippen LogP contribution in [0.25, 0.3) is 0 Å². The van der Waals surface area contributed by atoms with Crippen LogP contribution in [0.4, 0.5) is 0 Å².